The quantitative estimate of drug-likeness (QED) is 0.808. The molecule has 19 heavy (non-hydrogen) atoms. The van der Waals surface area contributed by atoms with Crippen LogP contribution in [0.4, 0.5) is 11.4 Å². The lowest BCUT2D eigenvalue weighted by atomic mass is 10.1. The Morgan fingerprint density at radius 2 is 2.26 bits per heavy atom. The van der Waals surface area contributed by atoms with E-state index < -0.39 is 0 Å². The summed E-state index contributed by atoms with van der Waals surface area (Å²) >= 11 is 0. The SMILES string of the molecule is Cl.Nc1ccccc1NC(=O)COCC1CCOC1. The zero-order valence-corrected chi connectivity index (χ0v) is 11.4. The molecule has 1 heterocycles. The summed E-state index contributed by atoms with van der Waals surface area (Å²) in [6.07, 6.45) is 1.01. The average molecular weight is 287 g/mol. The van der Waals surface area contributed by atoms with Crippen molar-refractivity contribution >= 4 is 29.7 Å². The van der Waals surface area contributed by atoms with Gasteiger partial charge in [-0.3, -0.25) is 4.79 Å². The maximum Gasteiger partial charge on any atom is 0.250 e. The molecule has 1 atom stereocenters. The molecule has 0 radical (unpaired) electrons. The Morgan fingerprint density at radius 1 is 1.47 bits per heavy atom. The van der Waals surface area contributed by atoms with E-state index in [1.54, 1.807) is 12.1 Å². The molecular formula is C13H19ClN2O3. The first-order valence-electron chi connectivity index (χ1n) is 6.05. The van der Waals surface area contributed by atoms with Crippen LogP contribution < -0.4 is 11.1 Å². The zero-order chi connectivity index (χ0) is 12.8. The highest BCUT2D eigenvalue weighted by molar-refractivity contribution is 5.94. The van der Waals surface area contributed by atoms with Crippen LogP contribution in [-0.4, -0.2) is 32.3 Å². The van der Waals surface area contributed by atoms with Gasteiger partial charge in [-0.15, -0.1) is 12.4 Å². The van der Waals surface area contributed by atoms with Crippen LogP contribution in [0.1, 0.15) is 6.42 Å². The number of ether oxygens (including phenoxy) is 2. The number of hydrogen-bond acceptors (Lipinski definition) is 4. The number of amides is 1. The number of rotatable bonds is 5. The third-order valence-electron chi connectivity index (χ3n) is 2.85. The van der Waals surface area contributed by atoms with Gasteiger partial charge in [0.05, 0.1) is 24.6 Å². The van der Waals surface area contributed by atoms with E-state index >= 15 is 0 Å². The van der Waals surface area contributed by atoms with Gasteiger partial charge in [0, 0.05) is 12.5 Å². The molecule has 106 valence electrons. The second kappa shape index (κ2) is 7.99. The van der Waals surface area contributed by atoms with Crippen molar-refractivity contribution in [3.63, 3.8) is 0 Å². The van der Waals surface area contributed by atoms with Crippen molar-refractivity contribution in [3.8, 4) is 0 Å². The molecule has 5 nitrogen and oxygen atoms in total. The lowest BCUT2D eigenvalue weighted by Gasteiger charge is -2.10. The highest BCUT2D eigenvalue weighted by Gasteiger charge is 2.16. The molecule has 0 saturated carbocycles. The van der Waals surface area contributed by atoms with Crippen LogP contribution >= 0.6 is 12.4 Å². The summed E-state index contributed by atoms with van der Waals surface area (Å²) in [5, 5.41) is 2.72. The van der Waals surface area contributed by atoms with Gasteiger partial charge >= 0.3 is 0 Å². The van der Waals surface area contributed by atoms with Crippen molar-refractivity contribution in [3.05, 3.63) is 24.3 Å². The smallest absolute Gasteiger partial charge is 0.250 e. The first kappa shape index (κ1) is 15.8. The molecule has 2 rings (SSSR count). The second-order valence-corrected chi connectivity index (χ2v) is 4.38. The summed E-state index contributed by atoms with van der Waals surface area (Å²) < 4.78 is 10.6. The van der Waals surface area contributed by atoms with Crippen molar-refractivity contribution in [1.82, 2.24) is 0 Å². The van der Waals surface area contributed by atoms with Gasteiger partial charge in [0.1, 0.15) is 6.61 Å². The van der Waals surface area contributed by atoms with E-state index in [2.05, 4.69) is 5.32 Å². The molecule has 1 fully saturated rings. The Bertz CT molecular complexity index is 409. The van der Waals surface area contributed by atoms with Crippen LogP contribution in [0.15, 0.2) is 24.3 Å². The summed E-state index contributed by atoms with van der Waals surface area (Å²) in [5.74, 6) is 0.228. The molecule has 3 N–H and O–H groups in total. The summed E-state index contributed by atoms with van der Waals surface area (Å²) in [7, 11) is 0. The normalized spacial score (nSPS) is 17.8. The largest absolute Gasteiger partial charge is 0.397 e. The molecule has 1 aliphatic rings. The number of carbonyl (C=O) groups excluding carboxylic acids is 1. The number of nitrogens with two attached hydrogens (primary N) is 1. The average Bonchev–Trinajstić information content (AvgIpc) is 2.85. The molecular weight excluding hydrogens is 268 g/mol. The van der Waals surface area contributed by atoms with Crippen LogP contribution in [0.3, 0.4) is 0 Å². The zero-order valence-electron chi connectivity index (χ0n) is 10.6. The molecule has 0 aliphatic carbocycles. The van der Waals surface area contributed by atoms with Crippen molar-refractivity contribution < 1.29 is 14.3 Å². The molecule has 6 heteroatoms. The molecule has 0 spiro atoms. The topological polar surface area (TPSA) is 73.6 Å². The predicted molar refractivity (Wildman–Crippen MR) is 76.5 cm³/mol. The third-order valence-corrected chi connectivity index (χ3v) is 2.85. The van der Waals surface area contributed by atoms with Crippen LogP contribution in [0.2, 0.25) is 0 Å². The Hall–Kier alpha value is -1.30. The van der Waals surface area contributed by atoms with Gasteiger partial charge in [0.2, 0.25) is 5.91 Å². The Morgan fingerprint density at radius 3 is 2.95 bits per heavy atom. The number of benzene rings is 1. The molecule has 1 unspecified atom stereocenters. The molecule has 1 aromatic carbocycles. The van der Waals surface area contributed by atoms with Gasteiger partial charge in [-0.25, -0.2) is 0 Å². The lowest BCUT2D eigenvalue weighted by molar-refractivity contribution is -0.121. The van der Waals surface area contributed by atoms with Gasteiger partial charge in [-0.1, -0.05) is 12.1 Å². The number of nitrogens with one attached hydrogen (secondary N) is 1. The number of hydrogen-bond donors (Lipinski definition) is 2. The van der Waals surface area contributed by atoms with Crippen molar-refractivity contribution in [2.24, 2.45) is 5.92 Å². The highest BCUT2D eigenvalue weighted by Crippen LogP contribution is 2.16. The van der Waals surface area contributed by atoms with E-state index in [0.29, 0.717) is 23.9 Å². The van der Waals surface area contributed by atoms with Gasteiger partial charge < -0.3 is 20.5 Å². The maximum absolute atomic E-state index is 11.6. The monoisotopic (exact) mass is 286 g/mol. The second-order valence-electron chi connectivity index (χ2n) is 4.38. The van der Waals surface area contributed by atoms with Crippen LogP contribution in [0, 0.1) is 5.92 Å². The summed E-state index contributed by atoms with van der Waals surface area (Å²) in [6, 6.07) is 7.15. The van der Waals surface area contributed by atoms with E-state index in [-0.39, 0.29) is 24.9 Å². The van der Waals surface area contributed by atoms with Crippen molar-refractivity contribution in [1.29, 1.82) is 0 Å². The Kier molecular flexibility index (Phi) is 6.62. The minimum absolute atomic E-state index is 0. The van der Waals surface area contributed by atoms with Gasteiger partial charge in [-0.05, 0) is 18.6 Å². The number of anilines is 2. The highest BCUT2D eigenvalue weighted by atomic mass is 35.5. The molecule has 1 aromatic rings. The fourth-order valence-electron chi connectivity index (χ4n) is 1.83. The lowest BCUT2D eigenvalue weighted by Crippen LogP contribution is -2.21. The van der Waals surface area contributed by atoms with E-state index in [1.807, 2.05) is 12.1 Å². The van der Waals surface area contributed by atoms with E-state index in [4.69, 9.17) is 15.2 Å². The summed E-state index contributed by atoms with van der Waals surface area (Å²) in [5.41, 5.74) is 6.90. The summed E-state index contributed by atoms with van der Waals surface area (Å²) in [4.78, 5) is 11.6. The Labute approximate surface area is 118 Å². The van der Waals surface area contributed by atoms with E-state index in [9.17, 15) is 4.79 Å². The number of para-hydroxylation sites is 2. The number of carbonyl (C=O) groups is 1. The third kappa shape index (κ3) is 5.06. The maximum atomic E-state index is 11.6. The predicted octanol–water partition coefficient (Wildman–Crippen LogP) is 1.68. The first-order chi connectivity index (χ1) is 8.75. The van der Waals surface area contributed by atoms with Crippen molar-refractivity contribution in [2.75, 3.05) is 37.5 Å². The molecule has 0 bridgehead atoms. The van der Waals surface area contributed by atoms with Gasteiger partial charge in [-0.2, -0.15) is 0 Å². The number of halogens is 1. The van der Waals surface area contributed by atoms with Gasteiger partial charge in [0.25, 0.3) is 0 Å². The molecule has 0 aromatic heterocycles. The van der Waals surface area contributed by atoms with E-state index in [1.165, 1.54) is 0 Å². The van der Waals surface area contributed by atoms with Crippen LogP contribution in [-0.2, 0) is 14.3 Å². The first-order valence-corrected chi connectivity index (χ1v) is 6.05. The van der Waals surface area contributed by atoms with Gasteiger partial charge in [0.15, 0.2) is 0 Å². The molecule has 1 saturated heterocycles. The van der Waals surface area contributed by atoms with Crippen LogP contribution in [0.5, 0.6) is 0 Å². The standard InChI is InChI=1S/C13H18N2O3.ClH/c14-11-3-1-2-4-12(11)15-13(16)9-18-8-10-5-6-17-7-10;/h1-4,10H,5-9,14H2,(H,15,16);1H. The fourth-order valence-corrected chi connectivity index (χ4v) is 1.83. The van der Waals surface area contributed by atoms with E-state index in [0.717, 1.165) is 19.6 Å². The fraction of sp³-hybridized carbons (Fsp3) is 0.462. The van der Waals surface area contributed by atoms with Crippen LogP contribution in [0.25, 0.3) is 0 Å². The minimum Gasteiger partial charge on any atom is -0.397 e. The molecule has 1 amide bonds. The summed E-state index contributed by atoms with van der Waals surface area (Å²) in [6.45, 7) is 2.14. The molecule has 1 aliphatic heterocycles. The minimum atomic E-state index is -0.188. The number of nitrogen functional groups attached to an aromatic ring is 1. The Balaban J connectivity index is 0.00000180. The van der Waals surface area contributed by atoms with Crippen molar-refractivity contribution in [2.45, 2.75) is 6.42 Å².